The number of aromatic nitrogens is 1. The fraction of sp³-hybridized carbons (Fsp3) is 0.667. The summed E-state index contributed by atoms with van der Waals surface area (Å²) < 4.78 is 0. The molecule has 2 saturated carbocycles. The summed E-state index contributed by atoms with van der Waals surface area (Å²) in [5, 5.41) is 7.86. The Hall–Kier alpha value is -0.670. The first kappa shape index (κ1) is 14.3. The second kappa shape index (κ2) is 5.61. The Balaban J connectivity index is 1.68. The maximum absolute atomic E-state index is 6.24. The summed E-state index contributed by atoms with van der Waals surface area (Å²) >= 11 is 12.4. The number of pyridine rings is 1. The Morgan fingerprint density at radius 3 is 2.40 bits per heavy atom. The van der Waals surface area contributed by atoms with Crippen LogP contribution in [-0.2, 0) is 0 Å². The molecule has 0 radical (unpaired) electrons. The van der Waals surface area contributed by atoms with Crippen molar-refractivity contribution in [1.29, 1.82) is 0 Å². The molecule has 1 aromatic rings. The molecule has 3 rings (SSSR count). The fourth-order valence-electron chi connectivity index (χ4n) is 2.80. The highest BCUT2D eigenvalue weighted by molar-refractivity contribution is 6.37. The van der Waals surface area contributed by atoms with Gasteiger partial charge in [-0.15, -0.1) is 0 Å². The van der Waals surface area contributed by atoms with Crippen LogP contribution < -0.4 is 10.6 Å². The molecule has 0 spiro atoms. The van der Waals surface area contributed by atoms with Gasteiger partial charge in [0.1, 0.15) is 11.6 Å². The van der Waals surface area contributed by atoms with Crippen molar-refractivity contribution in [1.82, 2.24) is 4.98 Å². The van der Waals surface area contributed by atoms with E-state index < -0.39 is 0 Å². The normalized spacial score (nSPS) is 19.8. The molecule has 2 aliphatic carbocycles. The highest BCUT2D eigenvalue weighted by Crippen LogP contribution is 2.61. The molecule has 0 unspecified atom stereocenters. The number of nitrogens with zero attached hydrogens (tertiary/aromatic N) is 1. The number of hydrogen-bond acceptors (Lipinski definition) is 3. The van der Waals surface area contributed by atoms with Crippen LogP contribution in [0.3, 0.4) is 0 Å². The quantitative estimate of drug-likeness (QED) is 0.758. The van der Waals surface area contributed by atoms with Gasteiger partial charge >= 0.3 is 0 Å². The highest BCUT2D eigenvalue weighted by atomic mass is 35.5. The molecule has 2 aliphatic rings. The summed E-state index contributed by atoms with van der Waals surface area (Å²) in [5.41, 5.74) is 0.529. The lowest BCUT2D eigenvalue weighted by Crippen LogP contribution is -2.18. The average Bonchev–Trinajstić information content (AvgIpc) is 3.27. The molecule has 0 saturated heterocycles. The van der Waals surface area contributed by atoms with Crippen LogP contribution in [0, 0.1) is 11.3 Å². The summed E-state index contributed by atoms with van der Waals surface area (Å²) in [6, 6.07) is 1.77. The van der Waals surface area contributed by atoms with Crippen molar-refractivity contribution >= 4 is 34.8 Å². The number of hydrogen-bond donors (Lipinski definition) is 2. The van der Waals surface area contributed by atoms with Crippen molar-refractivity contribution < 1.29 is 0 Å². The monoisotopic (exact) mass is 313 g/mol. The summed E-state index contributed by atoms with van der Waals surface area (Å²) in [6.45, 7) is 3.96. The summed E-state index contributed by atoms with van der Waals surface area (Å²) in [5.74, 6) is 2.40. The Kier molecular flexibility index (Phi) is 4.00. The van der Waals surface area contributed by atoms with Crippen molar-refractivity contribution in [3.05, 3.63) is 16.1 Å². The zero-order valence-corrected chi connectivity index (χ0v) is 13.3. The third kappa shape index (κ3) is 2.99. The minimum absolute atomic E-state index is 0.529. The second-order valence-corrected chi connectivity index (χ2v) is 6.88. The largest absolute Gasteiger partial charge is 0.369 e. The van der Waals surface area contributed by atoms with Gasteiger partial charge in [-0.2, -0.15) is 0 Å². The lowest BCUT2D eigenvalue weighted by atomic mass is 10.0. The third-order valence-electron chi connectivity index (χ3n) is 4.42. The van der Waals surface area contributed by atoms with Crippen molar-refractivity contribution in [3.63, 3.8) is 0 Å². The minimum atomic E-state index is 0.529. The van der Waals surface area contributed by atoms with Crippen LogP contribution in [0.15, 0.2) is 6.07 Å². The van der Waals surface area contributed by atoms with Gasteiger partial charge in [-0.1, -0.05) is 30.1 Å². The lowest BCUT2D eigenvalue weighted by Gasteiger charge is -2.17. The van der Waals surface area contributed by atoms with E-state index in [-0.39, 0.29) is 0 Å². The number of nitrogens with one attached hydrogen (secondary N) is 2. The van der Waals surface area contributed by atoms with E-state index in [2.05, 4.69) is 22.5 Å². The number of anilines is 2. The van der Waals surface area contributed by atoms with Gasteiger partial charge in [0.2, 0.25) is 0 Å². The Morgan fingerprint density at radius 2 is 1.85 bits per heavy atom. The highest BCUT2D eigenvalue weighted by Gasteiger charge is 2.53. The molecule has 0 atom stereocenters. The smallest absolute Gasteiger partial charge is 0.147 e. The summed E-state index contributed by atoms with van der Waals surface area (Å²) in [4.78, 5) is 4.53. The zero-order valence-electron chi connectivity index (χ0n) is 11.8. The SMILES string of the molecule is CCCNc1nc(NCC2(C3CC3)CC2)c(Cl)cc1Cl. The van der Waals surface area contributed by atoms with Crippen LogP contribution in [0.25, 0.3) is 0 Å². The molecular weight excluding hydrogens is 293 g/mol. The maximum atomic E-state index is 6.24. The van der Waals surface area contributed by atoms with E-state index in [1.807, 2.05) is 0 Å². The van der Waals surface area contributed by atoms with E-state index in [4.69, 9.17) is 23.2 Å². The van der Waals surface area contributed by atoms with Crippen LogP contribution >= 0.6 is 23.2 Å². The van der Waals surface area contributed by atoms with E-state index in [0.717, 1.165) is 37.1 Å². The molecule has 1 heterocycles. The van der Waals surface area contributed by atoms with Gasteiger partial charge in [-0.05, 0) is 49.5 Å². The molecule has 2 N–H and O–H groups in total. The molecule has 2 fully saturated rings. The van der Waals surface area contributed by atoms with Crippen LogP contribution in [0.5, 0.6) is 0 Å². The molecule has 0 aromatic carbocycles. The molecule has 0 aliphatic heterocycles. The Bertz CT molecular complexity index is 496. The van der Waals surface area contributed by atoms with E-state index in [1.165, 1.54) is 25.7 Å². The maximum Gasteiger partial charge on any atom is 0.147 e. The average molecular weight is 314 g/mol. The van der Waals surface area contributed by atoms with Crippen LogP contribution in [0.4, 0.5) is 11.6 Å². The summed E-state index contributed by atoms with van der Waals surface area (Å²) in [7, 11) is 0. The fourth-order valence-corrected chi connectivity index (χ4v) is 3.30. The first-order valence-electron chi connectivity index (χ1n) is 7.48. The topological polar surface area (TPSA) is 37.0 Å². The van der Waals surface area contributed by atoms with Crippen LogP contribution in [-0.4, -0.2) is 18.1 Å². The summed E-state index contributed by atoms with van der Waals surface area (Å²) in [6.07, 6.45) is 6.52. The molecule has 20 heavy (non-hydrogen) atoms. The number of rotatable bonds is 7. The van der Waals surface area contributed by atoms with Crippen LogP contribution in [0.1, 0.15) is 39.0 Å². The van der Waals surface area contributed by atoms with Gasteiger partial charge in [0.05, 0.1) is 10.0 Å². The van der Waals surface area contributed by atoms with Crippen molar-refractivity contribution in [2.75, 3.05) is 23.7 Å². The molecule has 0 amide bonds. The lowest BCUT2D eigenvalue weighted by molar-refractivity contribution is 0.466. The van der Waals surface area contributed by atoms with Gasteiger partial charge in [0, 0.05) is 13.1 Å². The number of halogens is 2. The predicted molar refractivity (Wildman–Crippen MR) is 85.9 cm³/mol. The predicted octanol–water partition coefficient (Wildman–Crippen LogP) is 4.81. The molecule has 110 valence electrons. The zero-order chi connectivity index (χ0) is 14.2. The van der Waals surface area contributed by atoms with Crippen molar-refractivity contribution in [2.45, 2.75) is 39.0 Å². The second-order valence-electron chi connectivity index (χ2n) is 6.07. The first-order chi connectivity index (χ1) is 9.64. The van der Waals surface area contributed by atoms with E-state index in [9.17, 15) is 0 Å². The van der Waals surface area contributed by atoms with E-state index in [0.29, 0.717) is 15.5 Å². The third-order valence-corrected chi connectivity index (χ3v) is 4.99. The van der Waals surface area contributed by atoms with E-state index in [1.54, 1.807) is 6.07 Å². The molecular formula is C15H21Cl2N3. The standard InChI is InChI=1S/C15H21Cl2N3/c1-2-7-18-13-11(16)8-12(17)14(20-13)19-9-15(5-6-15)10-3-4-10/h8,10H,2-7,9H2,1H3,(H2,18,19,20). The molecule has 5 heteroatoms. The van der Waals surface area contributed by atoms with Crippen molar-refractivity contribution in [2.24, 2.45) is 11.3 Å². The molecule has 0 bridgehead atoms. The van der Waals surface area contributed by atoms with Gasteiger partial charge in [-0.3, -0.25) is 0 Å². The van der Waals surface area contributed by atoms with Gasteiger partial charge in [0.25, 0.3) is 0 Å². The first-order valence-corrected chi connectivity index (χ1v) is 8.24. The van der Waals surface area contributed by atoms with Gasteiger partial charge < -0.3 is 10.6 Å². The van der Waals surface area contributed by atoms with Gasteiger partial charge in [0.15, 0.2) is 0 Å². The van der Waals surface area contributed by atoms with E-state index >= 15 is 0 Å². The van der Waals surface area contributed by atoms with Crippen LogP contribution in [0.2, 0.25) is 10.0 Å². The van der Waals surface area contributed by atoms with Gasteiger partial charge in [-0.25, -0.2) is 4.98 Å². The molecule has 3 nitrogen and oxygen atoms in total. The Morgan fingerprint density at radius 1 is 1.20 bits per heavy atom. The van der Waals surface area contributed by atoms with Crippen molar-refractivity contribution in [3.8, 4) is 0 Å². The Labute approximate surface area is 130 Å². The minimum Gasteiger partial charge on any atom is -0.369 e. The molecule has 1 aromatic heterocycles.